The Labute approximate surface area is 134 Å². The van der Waals surface area contributed by atoms with Crippen LogP contribution in [0.3, 0.4) is 0 Å². The van der Waals surface area contributed by atoms with Crippen LogP contribution < -0.4 is 0 Å². The predicted molar refractivity (Wildman–Crippen MR) is 82.5 cm³/mol. The van der Waals surface area contributed by atoms with Gasteiger partial charge in [-0.25, -0.2) is 0 Å². The summed E-state index contributed by atoms with van der Waals surface area (Å²) in [7, 11) is 0. The molecule has 0 saturated heterocycles. The van der Waals surface area contributed by atoms with Crippen LogP contribution in [-0.4, -0.2) is 23.5 Å². The van der Waals surface area contributed by atoms with Crippen molar-refractivity contribution in [2.24, 2.45) is 5.92 Å². The number of ether oxygens (including phenoxy) is 2. The van der Waals surface area contributed by atoms with E-state index in [1.165, 1.54) is 12.1 Å². The number of para-hydroxylation sites is 1. The van der Waals surface area contributed by atoms with E-state index in [9.17, 15) is 19.7 Å². The molecule has 7 heteroatoms. The first-order valence-corrected chi connectivity index (χ1v) is 7.43. The second kappa shape index (κ2) is 9.55. The Balaban J connectivity index is 2.30. The van der Waals surface area contributed by atoms with Crippen molar-refractivity contribution in [1.82, 2.24) is 0 Å². The lowest BCUT2D eigenvalue weighted by Gasteiger charge is -2.07. The minimum atomic E-state index is -0.520. The molecule has 1 aromatic carbocycles. The second-order valence-electron chi connectivity index (χ2n) is 5.48. The highest BCUT2D eigenvalue weighted by Gasteiger charge is 2.14. The minimum absolute atomic E-state index is 0.0669. The highest BCUT2D eigenvalue weighted by Crippen LogP contribution is 2.18. The fraction of sp³-hybridized carbons (Fsp3) is 0.500. The lowest BCUT2D eigenvalue weighted by Crippen LogP contribution is -2.11. The largest absolute Gasteiger partial charge is 0.465 e. The fourth-order valence-corrected chi connectivity index (χ4v) is 1.75. The average molecular weight is 323 g/mol. The Kier molecular flexibility index (Phi) is 7.73. The summed E-state index contributed by atoms with van der Waals surface area (Å²) in [5, 5.41) is 10.8. The summed E-state index contributed by atoms with van der Waals surface area (Å²) in [6, 6.07) is 6.08. The summed E-state index contributed by atoms with van der Waals surface area (Å²) in [6.07, 6.45) is 0.539. The number of nitro groups is 1. The normalized spacial score (nSPS) is 10.4. The quantitative estimate of drug-likeness (QED) is 0.394. The molecule has 1 rings (SSSR count). The standard InChI is InChI=1S/C16H21NO6/c1-12(2)10-22-15(18)8-5-9-16(19)23-11-13-6-3-4-7-14(13)17(20)21/h3-4,6-7,12H,5,8-11H2,1-2H3. The first-order chi connectivity index (χ1) is 10.9. The van der Waals surface area contributed by atoms with Gasteiger partial charge in [-0.2, -0.15) is 0 Å². The summed E-state index contributed by atoms with van der Waals surface area (Å²) >= 11 is 0. The van der Waals surface area contributed by atoms with Gasteiger partial charge in [-0.05, 0) is 18.4 Å². The lowest BCUT2D eigenvalue weighted by atomic mass is 10.2. The Hall–Kier alpha value is -2.44. The second-order valence-corrected chi connectivity index (χ2v) is 5.48. The van der Waals surface area contributed by atoms with Crippen molar-refractivity contribution in [3.05, 3.63) is 39.9 Å². The van der Waals surface area contributed by atoms with Crippen molar-refractivity contribution in [2.75, 3.05) is 6.61 Å². The SMILES string of the molecule is CC(C)COC(=O)CCCC(=O)OCc1ccccc1[N+](=O)[O-]. The number of carbonyl (C=O) groups excluding carboxylic acids is 2. The first kappa shape index (κ1) is 18.6. The van der Waals surface area contributed by atoms with E-state index in [2.05, 4.69) is 0 Å². The van der Waals surface area contributed by atoms with Gasteiger partial charge in [0.05, 0.1) is 17.1 Å². The summed E-state index contributed by atoms with van der Waals surface area (Å²) in [6.45, 7) is 4.08. The smallest absolute Gasteiger partial charge is 0.306 e. The molecule has 0 unspecified atom stereocenters. The molecular formula is C16H21NO6. The predicted octanol–water partition coefficient (Wildman–Crippen LogP) is 3.01. The number of esters is 2. The van der Waals surface area contributed by atoms with Crippen LogP contribution in [0, 0.1) is 16.0 Å². The first-order valence-electron chi connectivity index (χ1n) is 7.43. The average Bonchev–Trinajstić information content (AvgIpc) is 2.51. The third kappa shape index (κ3) is 7.39. The zero-order valence-corrected chi connectivity index (χ0v) is 13.3. The summed E-state index contributed by atoms with van der Waals surface area (Å²) in [5.41, 5.74) is 0.250. The van der Waals surface area contributed by atoms with E-state index >= 15 is 0 Å². The van der Waals surface area contributed by atoms with Crippen LogP contribution in [0.2, 0.25) is 0 Å². The molecule has 0 aliphatic carbocycles. The Morgan fingerprint density at radius 2 is 1.74 bits per heavy atom. The molecule has 0 aromatic heterocycles. The Morgan fingerprint density at radius 1 is 1.13 bits per heavy atom. The fourth-order valence-electron chi connectivity index (χ4n) is 1.75. The van der Waals surface area contributed by atoms with Crippen LogP contribution in [0.5, 0.6) is 0 Å². The Bertz CT molecular complexity index is 555. The highest BCUT2D eigenvalue weighted by atomic mass is 16.6. The van der Waals surface area contributed by atoms with Gasteiger partial charge in [0.15, 0.2) is 0 Å². The summed E-state index contributed by atoms with van der Waals surface area (Å²) in [5.74, 6) is -0.574. The molecule has 0 aliphatic rings. The van der Waals surface area contributed by atoms with E-state index in [4.69, 9.17) is 9.47 Å². The third-order valence-electron chi connectivity index (χ3n) is 2.92. The molecule has 0 heterocycles. The molecule has 23 heavy (non-hydrogen) atoms. The van der Waals surface area contributed by atoms with E-state index in [0.717, 1.165) is 0 Å². The topological polar surface area (TPSA) is 95.7 Å². The third-order valence-corrected chi connectivity index (χ3v) is 2.92. The maximum Gasteiger partial charge on any atom is 0.306 e. The van der Waals surface area contributed by atoms with Gasteiger partial charge in [-0.15, -0.1) is 0 Å². The van der Waals surface area contributed by atoms with Crippen LogP contribution in [0.4, 0.5) is 5.69 Å². The van der Waals surface area contributed by atoms with Crippen molar-refractivity contribution < 1.29 is 24.0 Å². The van der Waals surface area contributed by atoms with Gasteiger partial charge in [0, 0.05) is 18.9 Å². The molecule has 0 saturated carbocycles. The molecule has 0 spiro atoms. The number of rotatable bonds is 9. The molecule has 7 nitrogen and oxygen atoms in total. The monoisotopic (exact) mass is 323 g/mol. The molecule has 0 N–H and O–H groups in total. The number of nitrogens with zero attached hydrogens (tertiary/aromatic N) is 1. The molecule has 0 aliphatic heterocycles. The zero-order valence-electron chi connectivity index (χ0n) is 13.3. The van der Waals surface area contributed by atoms with E-state index in [1.807, 2.05) is 13.8 Å². The molecule has 0 bridgehead atoms. The lowest BCUT2D eigenvalue weighted by molar-refractivity contribution is -0.385. The highest BCUT2D eigenvalue weighted by molar-refractivity contribution is 5.72. The van der Waals surface area contributed by atoms with Gasteiger partial charge in [0.1, 0.15) is 6.61 Å². The minimum Gasteiger partial charge on any atom is -0.465 e. The van der Waals surface area contributed by atoms with Gasteiger partial charge in [0.2, 0.25) is 0 Å². The van der Waals surface area contributed by atoms with Gasteiger partial charge in [-0.1, -0.05) is 26.0 Å². The van der Waals surface area contributed by atoms with Crippen molar-refractivity contribution >= 4 is 17.6 Å². The van der Waals surface area contributed by atoms with Crippen LogP contribution in [0.1, 0.15) is 38.7 Å². The van der Waals surface area contributed by atoms with Gasteiger partial charge >= 0.3 is 11.9 Å². The molecule has 0 amide bonds. The van der Waals surface area contributed by atoms with Gasteiger partial charge in [0.25, 0.3) is 5.69 Å². The molecule has 1 aromatic rings. The van der Waals surface area contributed by atoms with Crippen molar-refractivity contribution in [1.29, 1.82) is 0 Å². The number of hydrogen-bond donors (Lipinski definition) is 0. The van der Waals surface area contributed by atoms with E-state index in [-0.39, 0.29) is 37.0 Å². The maximum atomic E-state index is 11.6. The van der Waals surface area contributed by atoms with Gasteiger partial charge < -0.3 is 9.47 Å². The van der Waals surface area contributed by atoms with Crippen molar-refractivity contribution in [3.8, 4) is 0 Å². The molecular weight excluding hydrogens is 302 g/mol. The van der Waals surface area contributed by atoms with Gasteiger partial charge in [-0.3, -0.25) is 19.7 Å². The van der Waals surface area contributed by atoms with Crippen LogP contribution in [0.25, 0.3) is 0 Å². The van der Waals surface area contributed by atoms with Crippen LogP contribution in [-0.2, 0) is 25.7 Å². The molecule has 0 atom stereocenters. The summed E-state index contributed by atoms with van der Waals surface area (Å²) < 4.78 is 9.99. The van der Waals surface area contributed by atoms with E-state index in [1.54, 1.807) is 12.1 Å². The van der Waals surface area contributed by atoms with Crippen LogP contribution >= 0.6 is 0 Å². The van der Waals surface area contributed by atoms with E-state index < -0.39 is 10.9 Å². The number of nitro benzene ring substituents is 1. The summed E-state index contributed by atoms with van der Waals surface area (Å²) in [4.78, 5) is 33.3. The van der Waals surface area contributed by atoms with E-state index in [0.29, 0.717) is 18.6 Å². The maximum absolute atomic E-state index is 11.6. The molecule has 0 fully saturated rings. The number of hydrogen-bond acceptors (Lipinski definition) is 6. The number of carbonyl (C=O) groups is 2. The van der Waals surface area contributed by atoms with Crippen molar-refractivity contribution in [3.63, 3.8) is 0 Å². The van der Waals surface area contributed by atoms with Crippen molar-refractivity contribution in [2.45, 2.75) is 39.7 Å². The number of benzene rings is 1. The molecule has 0 radical (unpaired) electrons. The zero-order chi connectivity index (χ0) is 17.2. The Morgan fingerprint density at radius 3 is 2.35 bits per heavy atom. The van der Waals surface area contributed by atoms with Crippen LogP contribution in [0.15, 0.2) is 24.3 Å². The molecule has 126 valence electrons.